The minimum Gasteiger partial charge on any atom is -0.355 e. The van der Waals surface area contributed by atoms with E-state index in [-0.39, 0.29) is 12.5 Å². The van der Waals surface area contributed by atoms with Crippen LogP contribution in [0.1, 0.15) is 25.0 Å². The van der Waals surface area contributed by atoms with Crippen LogP contribution in [0.25, 0.3) is 0 Å². The number of aryl methyl sites for hydroxylation is 1. The number of benzene rings is 2. The third kappa shape index (κ3) is 6.97. The first-order valence-corrected chi connectivity index (χ1v) is 12.1. The van der Waals surface area contributed by atoms with Gasteiger partial charge >= 0.3 is 0 Å². The average Bonchev–Trinajstić information content (AvgIpc) is 2.71. The summed E-state index contributed by atoms with van der Waals surface area (Å²) in [5.74, 6) is -0.792. The normalized spacial score (nSPS) is 12.2. The van der Waals surface area contributed by atoms with E-state index in [1.165, 1.54) is 17.0 Å². The molecule has 0 aliphatic rings. The van der Waals surface area contributed by atoms with E-state index in [1.54, 1.807) is 26.0 Å². The molecule has 0 saturated heterocycles. The molecule has 2 amide bonds. The van der Waals surface area contributed by atoms with E-state index in [9.17, 15) is 18.0 Å². The number of amides is 2. The molecule has 168 valence electrons. The number of carbonyl (C=O) groups excluding carboxylic acids is 2. The minimum absolute atomic E-state index is 0.176. The van der Waals surface area contributed by atoms with Gasteiger partial charge in [-0.25, -0.2) is 8.42 Å². The summed E-state index contributed by atoms with van der Waals surface area (Å²) >= 11 is 5.91. The number of nitrogens with one attached hydrogen (secondary N) is 1. The number of halogens is 1. The van der Waals surface area contributed by atoms with Gasteiger partial charge in [0.05, 0.1) is 11.9 Å². The number of hydrogen-bond donors (Lipinski definition) is 1. The molecule has 0 saturated carbocycles. The highest BCUT2D eigenvalue weighted by atomic mass is 35.5. The van der Waals surface area contributed by atoms with Crippen molar-refractivity contribution >= 4 is 39.1 Å². The lowest BCUT2D eigenvalue weighted by atomic mass is 10.1. The Morgan fingerprint density at radius 2 is 1.65 bits per heavy atom. The topological polar surface area (TPSA) is 86.8 Å². The second-order valence-electron chi connectivity index (χ2n) is 7.32. The van der Waals surface area contributed by atoms with E-state index in [1.807, 2.05) is 31.2 Å². The number of hydrogen-bond acceptors (Lipinski definition) is 4. The molecular formula is C22H28ClN3O4S. The molecule has 0 fully saturated rings. The largest absolute Gasteiger partial charge is 0.355 e. The van der Waals surface area contributed by atoms with Crippen LogP contribution in [0, 0.1) is 6.92 Å². The fourth-order valence-electron chi connectivity index (χ4n) is 3.02. The highest BCUT2D eigenvalue weighted by molar-refractivity contribution is 7.92. The number of sulfonamides is 1. The van der Waals surface area contributed by atoms with E-state index >= 15 is 0 Å². The van der Waals surface area contributed by atoms with Crippen LogP contribution in [0.3, 0.4) is 0 Å². The summed E-state index contributed by atoms with van der Waals surface area (Å²) in [6, 6.07) is 13.0. The van der Waals surface area contributed by atoms with E-state index in [4.69, 9.17) is 11.6 Å². The molecule has 0 bridgehead atoms. The number of nitrogens with zero attached hydrogens (tertiary/aromatic N) is 2. The lowest BCUT2D eigenvalue weighted by molar-refractivity contribution is -0.139. The molecule has 2 rings (SSSR count). The predicted molar refractivity (Wildman–Crippen MR) is 124 cm³/mol. The number of carbonyl (C=O) groups is 2. The average molecular weight is 466 g/mol. The Hall–Kier alpha value is -2.58. The molecular weight excluding hydrogens is 438 g/mol. The van der Waals surface area contributed by atoms with Crippen molar-refractivity contribution < 1.29 is 18.0 Å². The third-order valence-electron chi connectivity index (χ3n) is 4.79. The summed E-state index contributed by atoms with van der Waals surface area (Å²) in [6.07, 6.45) is 1.03. The molecule has 7 nitrogen and oxygen atoms in total. The van der Waals surface area contributed by atoms with Gasteiger partial charge in [0.1, 0.15) is 12.6 Å². The van der Waals surface area contributed by atoms with Crippen LogP contribution in [0.2, 0.25) is 5.02 Å². The zero-order chi connectivity index (χ0) is 23.2. The van der Waals surface area contributed by atoms with Crippen LogP contribution in [-0.2, 0) is 26.2 Å². The van der Waals surface area contributed by atoms with Gasteiger partial charge in [0.25, 0.3) is 0 Å². The lowest BCUT2D eigenvalue weighted by Crippen LogP contribution is -2.51. The summed E-state index contributed by atoms with van der Waals surface area (Å²) in [5.41, 5.74) is 2.23. The van der Waals surface area contributed by atoms with Crippen molar-refractivity contribution in [1.82, 2.24) is 10.2 Å². The van der Waals surface area contributed by atoms with Gasteiger partial charge in [-0.05, 0) is 50.6 Å². The molecule has 2 aromatic rings. The van der Waals surface area contributed by atoms with Crippen molar-refractivity contribution in [2.45, 2.75) is 33.4 Å². The fraction of sp³-hybridized carbons (Fsp3) is 0.364. The molecule has 0 aliphatic heterocycles. The van der Waals surface area contributed by atoms with Gasteiger partial charge in [-0.3, -0.25) is 13.9 Å². The van der Waals surface area contributed by atoms with E-state index < -0.39 is 28.5 Å². The van der Waals surface area contributed by atoms with Gasteiger partial charge < -0.3 is 10.2 Å². The molecule has 0 radical (unpaired) electrons. The zero-order valence-corrected chi connectivity index (χ0v) is 19.7. The molecule has 0 spiro atoms. The van der Waals surface area contributed by atoms with Crippen LogP contribution >= 0.6 is 11.6 Å². The molecule has 9 heteroatoms. The number of anilines is 1. The number of likely N-dealkylation sites (N-methyl/N-ethyl adjacent to an activating group) is 1. The van der Waals surface area contributed by atoms with Gasteiger partial charge in [0.2, 0.25) is 21.8 Å². The number of rotatable bonds is 9. The van der Waals surface area contributed by atoms with Crippen LogP contribution in [0.4, 0.5) is 5.69 Å². The SMILES string of the molecule is CCNC(=O)[C@H](C)N(Cc1ccc(C)cc1)C(=O)CN(c1ccc(Cl)cc1)S(C)(=O)=O. The second-order valence-corrected chi connectivity index (χ2v) is 9.67. The Kier molecular flexibility index (Phi) is 8.47. The Morgan fingerprint density at radius 3 is 2.16 bits per heavy atom. The molecule has 2 aromatic carbocycles. The van der Waals surface area contributed by atoms with Crippen LogP contribution in [0.5, 0.6) is 0 Å². The maximum atomic E-state index is 13.3. The predicted octanol–water partition coefficient (Wildman–Crippen LogP) is 2.97. The van der Waals surface area contributed by atoms with Gasteiger partial charge in [-0.1, -0.05) is 41.4 Å². The van der Waals surface area contributed by atoms with Crippen molar-refractivity contribution in [3.8, 4) is 0 Å². The third-order valence-corrected chi connectivity index (χ3v) is 6.18. The van der Waals surface area contributed by atoms with Crippen LogP contribution in [-0.4, -0.2) is 50.5 Å². The Labute approximate surface area is 189 Å². The highest BCUT2D eigenvalue weighted by Crippen LogP contribution is 2.21. The van der Waals surface area contributed by atoms with Crippen molar-refractivity contribution in [2.24, 2.45) is 0 Å². The van der Waals surface area contributed by atoms with Gasteiger partial charge in [-0.2, -0.15) is 0 Å². The zero-order valence-electron chi connectivity index (χ0n) is 18.1. The Morgan fingerprint density at radius 1 is 1.06 bits per heavy atom. The van der Waals surface area contributed by atoms with Gasteiger partial charge in [-0.15, -0.1) is 0 Å². The maximum absolute atomic E-state index is 13.3. The second kappa shape index (κ2) is 10.6. The summed E-state index contributed by atoms with van der Waals surface area (Å²) < 4.78 is 25.9. The molecule has 0 unspecified atom stereocenters. The first-order valence-electron chi connectivity index (χ1n) is 9.89. The summed E-state index contributed by atoms with van der Waals surface area (Å²) in [4.78, 5) is 27.1. The van der Waals surface area contributed by atoms with E-state index in [0.29, 0.717) is 17.3 Å². The highest BCUT2D eigenvalue weighted by Gasteiger charge is 2.29. The lowest BCUT2D eigenvalue weighted by Gasteiger charge is -2.31. The monoisotopic (exact) mass is 465 g/mol. The van der Waals surface area contributed by atoms with Gasteiger partial charge in [0.15, 0.2) is 0 Å². The molecule has 0 aromatic heterocycles. The molecule has 1 N–H and O–H groups in total. The van der Waals surface area contributed by atoms with Crippen LogP contribution < -0.4 is 9.62 Å². The van der Waals surface area contributed by atoms with Crippen molar-refractivity contribution in [1.29, 1.82) is 0 Å². The van der Waals surface area contributed by atoms with E-state index in [2.05, 4.69) is 5.32 Å². The first-order chi connectivity index (χ1) is 14.5. The Bertz CT molecular complexity index is 1010. The Balaban J connectivity index is 2.35. The van der Waals surface area contributed by atoms with Gasteiger partial charge in [0, 0.05) is 18.1 Å². The maximum Gasteiger partial charge on any atom is 0.244 e. The molecule has 31 heavy (non-hydrogen) atoms. The smallest absolute Gasteiger partial charge is 0.244 e. The van der Waals surface area contributed by atoms with E-state index in [0.717, 1.165) is 21.7 Å². The first kappa shape index (κ1) is 24.7. The van der Waals surface area contributed by atoms with Crippen LogP contribution in [0.15, 0.2) is 48.5 Å². The summed E-state index contributed by atoms with van der Waals surface area (Å²) in [7, 11) is -3.75. The van der Waals surface area contributed by atoms with Crippen molar-refractivity contribution in [2.75, 3.05) is 23.7 Å². The summed E-state index contributed by atoms with van der Waals surface area (Å²) in [5, 5.41) is 3.17. The fourth-order valence-corrected chi connectivity index (χ4v) is 3.99. The standard InChI is InChI=1S/C22H28ClN3O4S/c1-5-24-22(28)17(3)25(14-18-8-6-16(2)7-9-18)21(27)15-26(31(4,29)30)20-12-10-19(23)11-13-20/h6-13,17H,5,14-15H2,1-4H3,(H,24,28)/t17-/m0/s1. The molecule has 1 atom stereocenters. The van der Waals surface area contributed by atoms with Crippen molar-refractivity contribution in [3.05, 3.63) is 64.7 Å². The molecule has 0 aliphatic carbocycles. The minimum atomic E-state index is -3.75. The molecule has 0 heterocycles. The summed E-state index contributed by atoms with van der Waals surface area (Å²) in [6.45, 7) is 5.55. The van der Waals surface area contributed by atoms with Crippen molar-refractivity contribution in [3.63, 3.8) is 0 Å². The quantitative estimate of drug-likeness (QED) is 0.616.